The van der Waals surface area contributed by atoms with Crippen LogP contribution in [0.3, 0.4) is 0 Å². The van der Waals surface area contributed by atoms with Gasteiger partial charge in [0.25, 0.3) is 0 Å². The molecular weight excluding hydrogens is 490 g/mol. The maximum Gasteiger partial charge on any atom is 0.224 e. The minimum atomic E-state index is 0.0699. The zero-order valence-electron chi connectivity index (χ0n) is 26.7. The van der Waals surface area contributed by atoms with Crippen LogP contribution in [-0.2, 0) is 11.2 Å². The van der Waals surface area contributed by atoms with E-state index < -0.39 is 0 Å². The molecule has 0 atom stereocenters. The zero-order chi connectivity index (χ0) is 28.8. The summed E-state index contributed by atoms with van der Waals surface area (Å²) in [6, 6.07) is 6.87. The van der Waals surface area contributed by atoms with Crippen molar-refractivity contribution in [3.8, 4) is 5.75 Å². The summed E-state index contributed by atoms with van der Waals surface area (Å²) in [6.45, 7) is 3.07. The van der Waals surface area contributed by atoms with Gasteiger partial charge in [-0.15, -0.1) is 0 Å². The van der Waals surface area contributed by atoms with E-state index in [-0.39, 0.29) is 11.7 Å². The van der Waals surface area contributed by atoms with Crippen LogP contribution in [0.4, 0.5) is 0 Å². The van der Waals surface area contributed by atoms with Crippen molar-refractivity contribution in [2.45, 2.75) is 187 Å². The largest absolute Gasteiger partial charge is 0.508 e. The molecule has 0 aliphatic rings. The average molecular weight is 558 g/mol. The summed E-state index contributed by atoms with van der Waals surface area (Å²) in [5.41, 5.74) is 0.940. The van der Waals surface area contributed by atoms with Crippen LogP contribution in [0, 0.1) is 0 Å². The fraction of sp³-hybridized carbons (Fsp3) is 0.811. The van der Waals surface area contributed by atoms with E-state index in [0.717, 1.165) is 18.5 Å². The summed E-state index contributed by atoms with van der Waals surface area (Å²) >= 11 is 0. The summed E-state index contributed by atoms with van der Waals surface area (Å²) in [4.78, 5) is 12.0. The van der Waals surface area contributed by atoms with E-state index in [4.69, 9.17) is 0 Å². The van der Waals surface area contributed by atoms with E-state index in [2.05, 4.69) is 12.2 Å². The van der Waals surface area contributed by atoms with Crippen molar-refractivity contribution in [2.24, 2.45) is 0 Å². The Kier molecular flexibility index (Phi) is 26.5. The molecule has 0 saturated carbocycles. The van der Waals surface area contributed by atoms with Crippen LogP contribution < -0.4 is 5.32 Å². The third-order valence-electron chi connectivity index (χ3n) is 8.40. The molecule has 2 N–H and O–H groups in total. The monoisotopic (exact) mass is 558 g/mol. The average Bonchev–Trinajstić information content (AvgIpc) is 2.95. The van der Waals surface area contributed by atoms with Gasteiger partial charge >= 0.3 is 0 Å². The predicted octanol–water partition coefficient (Wildman–Crippen LogP) is 11.6. The molecular formula is C37H67NO2. The Morgan fingerprint density at radius 1 is 0.500 bits per heavy atom. The van der Waals surface area contributed by atoms with Crippen molar-refractivity contribution < 1.29 is 9.90 Å². The molecule has 1 aromatic rings. The molecule has 0 saturated heterocycles. The number of benzene rings is 1. The van der Waals surface area contributed by atoms with Crippen LogP contribution >= 0.6 is 0 Å². The van der Waals surface area contributed by atoms with Crippen LogP contribution in [0.25, 0.3) is 0 Å². The number of rotatable bonds is 30. The van der Waals surface area contributed by atoms with E-state index in [1.54, 1.807) is 24.3 Å². The summed E-state index contributed by atoms with van der Waals surface area (Å²) in [5, 5.41) is 12.3. The molecule has 232 valence electrons. The van der Waals surface area contributed by atoms with Crippen molar-refractivity contribution in [3.05, 3.63) is 29.8 Å². The molecule has 3 heteroatoms. The number of amides is 1. The fourth-order valence-electron chi connectivity index (χ4n) is 5.71. The first kappa shape index (κ1) is 36.5. The lowest BCUT2D eigenvalue weighted by molar-refractivity contribution is -0.120. The van der Waals surface area contributed by atoms with Crippen molar-refractivity contribution in [1.29, 1.82) is 0 Å². The van der Waals surface area contributed by atoms with Crippen molar-refractivity contribution in [3.63, 3.8) is 0 Å². The number of phenolic OH excluding ortho intramolecular Hbond substituents is 1. The number of aromatic hydroxyl groups is 1. The molecule has 40 heavy (non-hydrogen) atoms. The number of carbonyl (C=O) groups is 1. The highest BCUT2D eigenvalue weighted by molar-refractivity contribution is 5.78. The van der Waals surface area contributed by atoms with Crippen molar-refractivity contribution in [1.82, 2.24) is 5.32 Å². The first-order valence-corrected chi connectivity index (χ1v) is 17.8. The third-order valence-corrected chi connectivity index (χ3v) is 8.40. The Morgan fingerprint density at radius 3 is 1.12 bits per heavy atom. The lowest BCUT2D eigenvalue weighted by atomic mass is 10.0. The zero-order valence-corrected chi connectivity index (χ0v) is 26.7. The Labute approximate surface area is 249 Å². The second kappa shape index (κ2) is 29.0. The van der Waals surface area contributed by atoms with Gasteiger partial charge in [0.2, 0.25) is 5.91 Å². The first-order valence-electron chi connectivity index (χ1n) is 17.8. The summed E-state index contributed by atoms with van der Waals surface area (Å²) in [5.74, 6) is 0.311. The van der Waals surface area contributed by atoms with Gasteiger partial charge < -0.3 is 10.4 Å². The molecule has 0 aliphatic heterocycles. The SMILES string of the molecule is CCCCCCCCCCCCCCCCCCCCCCCCCCCCCNC(=O)Cc1ccc(O)cc1. The quantitative estimate of drug-likeness (QED) is 0.0924. The second-order valence-electron chi connectivity index (χ2n) is 12.4. The van der Waals surface area contributed by atoms with E-state index >= 15 is 0 Å². The maximum atomic E-state index is 12.0. The predicted molar refractivity (Wildman–Crippen MR) is 175 cm³/mol. The number of carbonyl (C=O) groups excluding carboxylic acids is 1. The summed E-state index contributed by atoms with van der Waals surface area (Å²) in [6.07, 6.45) is 38.5. The van der Waals surface area contributed by atoms with E-state index in [1.165, 1.54) is 167 Å². The van der Waals surface area contributed by atoms with Gasteiger partial charge in [-0.05, 0) is 24.1 Å². The lowest BCUT2D eigenvalue weighted by Gasteiger charge is -2.06. The standard InChI is InChI=1S/C37H67NO2/c1-2-3-4-5-6-7-8-9-10-11-12-13-14-15-16-17-18-19-20-21-22-23-24-25-26-27-28-33-38-37(40)34-35-29-31-36(39)32-30-35/h29-32,39H,2-28,33-34H2,1H3,(H,38,40). The Hall–Kier alpha value is -1.51. The number of phenols is 1. The van der Waals surface area contributed by atoms with E-state index in [1.807, 2.05) is 0 Å². The normalized spacial score (nSPS) is 11.2. The minimum Gasteiger partial charge on any atom is -0.508 e. The molecule has 0 heterocycles. The van der Waals surface area contributed by atoms with Gasteiger partial charge in [-0.1, -0.05) is 186 Å². The molecule has 3 nitrogen and oxygen atoms in total. The second-order valence-corrected chi connectivity index (χ2v) is 12.4. The highest BCUT2D eigenvalue weighted by atomic mass is 16.3. The molecule has 0 aliphatic carbocycles. The van der Waals surface area contributed by atoms with Crippen molar-refractivity contribution >= 4 is 5.91 Å². The molecule has 0 unspecified atom stereocenters. The Bertz CT molecular complexity index is 657. The van der Waals surface area contributed by atoms with Crippen LogP contribution in [0.1, 0.15) is 186 Å². The van der Waals surface area contributed by atoms with Crippen LogP contribution in [0.5, 0.6) is 5.75 Å². The van der Waals surface area contributed by atoms with Crippen LogP contribution in [0.2, 0.25) is 0 Å². The molecule has 0 spiro atoms. The maximum absolute atomic E-state index is 12.0. The molecule has 0 radical (unpaired) electrons. The fourth-order valence-corrected chi connectivity index (χ4v) is 5.71. The molecule has 0 bridgehead atoms. The van der Waals surface area contributed by atoms with Gasteiger partial charge in [0, 0.05) is 6.54 Å². The third kappa shape index (κ3) is 25.5. The lowest BCUT2D eigenvalue weighted by Crippen LogP contribution is -2.26. The minimum absolute atomic E-state index is 0.0699. The molecule has 0 fully saturated rings. The van der Waals surface area contributed by atoms with E-state index in [9.17, 15) is 9.90 Å². The van der Waals surface area contributed by atoms with Crippen molar-refractivity contribution in [2.75, 3.05) is 6.54 Å². The van der Waals surface area contributed by atoms with Gasteiger partial charge in [0.15, 0.2) is 0 Å². The number of hydrogen-bond acceptors (Lipinski definition) is 2. The highest BCUT2D eigenvalue weighted by Gasteiger charge is 2.03. The number of hydrogen-bond donors (Lipinski definition) is 2. The molecule has 1 amide bonds. The van der Waals surface area contributed by atoms with Gasteiger partial charge in [-0.2, -0.15) is 0 Å². The van der Waals surface area contributed by atoms with Crippen LogP contribution in [-0.4, -0.2) is 17.6 Å². The summed E-state index contributed by atoms with van der Waals surface area (Å²) < 4.78 is 0. The Balaban J connectivity index is 1.68. The van der Waals surface area contributed by atoms with Crippen LogP contribution in [0.15, 0.2) is 24.3 Å². The smallest absolute Gasteiger partial charge is 0.224 e. The topological polar surface area (TPSA) is 49.3 Å². The molecule has 1 rings (SSSR count). The molecule has 1 aromatic carbocycles. The van der Waals surface area contributed by atoms with E-state index in [0.29, 0.717) is 6.42 Å². The molecule has 0 aromatic heterocycles. The number of unbranched alkanes of at least 4 members (excludes halogenated alkanes) is 26. The van der Waals surface area contributed by atoms with Gasteiger partial charge in [0.1, 0.15) is 5.75 Å². The summed E-state index contributed by atoms with van der Waals surface area (Å²) in [7, 11) is 0. The number of nitrogens with one attached hydrogen (secondary N) is 1. The Morgan fingerprint density at radius 2 is 0.800 bits per heavy atom. The highest BCUT2D eigenvalue weighted by Crippen LogP contribution is 2.16. The first-order chi connectivity index (χ1) is 19.7. The van der Waals surface area contributed by atoms with Gasteiger partial charge in [0.05, 0.1) is 6.42 Å². The van der Waals surface area contributed by atoms with Gasteiger partial charge in [-0.25, -0.2) is 0 Å². The van der Waals surface area contributed by atoms with Gasteiger partial charge in [-0.3, -0.25) is 4.79 Å².